The summed E-state index contributed by atoms with van der Waals surface area (Å²) in [5, 5.41) is 2.68. The van der Waals surface area contributed by atoms with Crippen molar-refractivity contribution in [3.8, 4) is 11.5 Å². The third kappa shape index (κ3) is 4.92. The molecule has 182 valence electrons. The first-order valence-electron chi connectivity index (χ1n) is 10.8. The Labute approximate surface area is 194 Å². The molecule has 0 radical (unpaired) electrons. The molecule has 11 heteroatoms. The lowest BCUT2D eigenvalue weighted by Crippen LogP contribution is -2.49. The van der Waals surface area contributed by atoms with Crippen molar-refractivity contribution in [1.29, 1.82) is 0 Å². The molecule has 2 unspecified atom stereocenters. The second-order valence-electron chi connectivity index (χ2n) is 9.01. The van der Waals surface area contributed by atoms with E-state index in [0.29, 0.717) is 30.0 Å². The summed E-state index contributed by atoms with van der Waals surface area (Å²) < 4.78 is 34.4. The summed E-state index contributed by atoms with van der Waals surface area (Å²) in [7, 11) is -0.239. The second kappa shape index (κ2) is 9.20. The lowest BCUT2D eigenvalue weighted by atomic mass is 9.91. The number of benzene rings is 1. The minimum Gasteiger partial charge on any atom is -0.493 e. The first-order chi connectivity index (χ1) is 15.4. The molecular weight excluding hydrogens is 450 g/mol. The molecule has 2 saturated heterocycles. The first-order valence-corrected chi connectivity index (χ1v) is 12.6. The second-order valence-corrected chi connectivity index (χ2v) is 11.2. The molecule has 0 aliphatic carbocycles. The highest BCUT2D eigenvalue weighted by atomic mass is 32.2. The van der Waals surface area contributed by atoms with Gasteiger partial charge < -0.3 is 19.7 Å². The van der Waals surface area contributed by atoms with Crippen molar-refractivity contribution in [3.05, 3.63) is 23.8 Å². The Balaban J connectivity index is 1.83. The highest BCUT2D eigenvalue weighted by molar-refractivity contribution is 7.91. The Morgan fingerprint density at radius 2 is 1.91 bits per heavy atom. The van der Waals surface area contributed by atoms with Crippen LogP contribution in [0.4, 0.5) is 4.79 Å². The van der Waals surface area contributed by atoms with Crippen LogP contribution in [0.25, 0.3) is 0 Å². The van der Waals surface area contributed by atoms with Gasteiger partial charge in [-0.3, -0.25) is 14.5 Å². The van der Waals surface area contributed by atoms with Crippen LogP contribution >= 0.6 is 0 Å². The molecule has 2 aliphatic rings. The fraction of sp³-hybridized carbons (Fsp3) is 0.591. The summed E-state index contributed by atoms with van der Waals surface area (Å²) in [5.74, 6) is -0.127. The lowest BCUT2D eigenvalue weighted by molar-refractivity contribution is -0.140. The number of hydrogen-bond acceptors (Lipinski definition) is 7. The van der Waals surface area contributed by atoms with Crippen LogP contribution in [0.2, 0.25) is 0 Å². The maximum atomic E-state index is 13.3. The van der Waals surface area contributed by atoms with Gasteiger partial charge in [-0.05, 0) is 37.0 Å². The Hall–Kier alpha value is -2.82. The van der Waals surface area contributed by atoms with Crippen LogP contribution in [0.15, 0.2) is 18.2 Å². The number of methoxy groups -OCH3 is 2. The molecular formula is C22H31N3O7S. The third-order valence-electron chi connectivity index (χ3n) is 6.06. The fourth-order valence-corrected chi connectivity index (χ4v) is 6.01. The average Bonchev–Trinajstić information content (AvgIpc) is 3.22. The van der Waals surface area contributed by atoms with Gasteiger partial charge in [0, 0.05) is 12.6 Å². The van der Waals surface area contributed by atoms with Gasteiger partial charge in [-0.1, -0.05) is 19.9 Å². The molecule has 4 amide bonds. The van der Waals surface area contributed by atoms with Crippen molar-refractivity contribution in [3.63, 3.8) is 0 Å². The number of nitrogens with one attached hydrogen (secondary N) is 1. The van der Waals surface area contributed by atoms with Crippen LogP contribution in [0, 0.1) is 5.92 Å². The summed E-state index contributed by atoms with van der Waals surface area (Å²) in [5.41, 5.74) is -0.911. The Kier molecular flexibility index (Phi) is 6.92. The normalized spacial score (nSPS) is 24.2. The molecule has 0 aromatic heterocycles. The summed E-state index contributed by atoms with van der Waals surface area (Å²) in [6, 6.07) is 3.75. The maximum absolute atomic E-state index is 13.3. The number of hydrogen-bond donors (Lipinski definition) is 1. The molecule has 33 heavy (non-hydrogen) atoms. The summed E-state index contributed by atoms with van der Waals surface area (Å²) in [4.78, 5) is 41.6. The molecule has 1 N–H and O–H groups in total. The van der Waals surface area contributed by atoms with Gasteiger partial charge in [-0.25, -0.2) is 13.2 Å². The van der Waals surface area contributed by atoms with Gasteiger partial charge in [0.2, 0.25) is 5.91 Å². The van der Waals surface area contributed by atoms with E-state index in [-0.39, 0.29) is 17.4 Å². The van der Waals surface area contributed by atoms with Crippen LogP contribution in [-0.2, 0) is 25.0 Å². The average molecular weight is 482 g/mol. The van der Waals surface area contributed by atoms with Crippen LogP contribution in [0.5, 0.6) is 11.5 Å². The van der Waals surface area contributed by atoms with Gasteiger partial charge in [0.05, 0.1) is 25.7 Å². The predicted octanol–water partition coefficient (Wildman–Crippen LogP) is 1.14. The van der Waals surface area contributed by atoms with Crippen molar-refractivity contribution < 1.29 is 32.3 Å². The number of sulfone groups is 1. The first kappa shape index (κ1) is 24.8. The number of rotatable bonds is 8. The number of ether oxygens (including phenoxy) is 2. The summed E-state index contributed by atoms with van der Waals surface area (Å²) in [6.45, 7) is 5.29. The van der Waals surface area contributed by atoms with Gasteiger partial charge in [0.25, 0.3) is 5.91 Å². The molecule has 1 aromatic carbocycles. The molecule has 0 spiro atoms. The SMILES string of the molecule is COc1ccc(C2(C)NC(=O)N(CC(=O)N(CC(C)C)C3CCS(=O)(=O)C3)C2=O)cc1OC. The van der Waals surface area contributed by atoms with E-state index in [9.17, 15) is 22.8 Å². The Bertz CT molecular complexity index is 1060. The van der Waals surface area contributed by atoms with Crippen LogP contribution in [0.3, 0.4) is 0 Å². The van der Waals surface area contributed by atoms with E-state index in [2.05, 4.69) is 5.32 Å². The zero-order chi connectivity index (χ0) is 24.6. The number of amides is 4. The zero-order valence-electron chi connectivity index (χ0n) is 19.6. The van der Waals surface area contributed by atoms with Crippen molar-refractivity contribution in [2.24, 2.45) is 5.92 Å². The van der Waals surface area contributed by atoms with Crippen molar-refractivity contribution in [1.82, 2.24) is 15.1 Å². The number of imide groups is 1. The van der Waals surface area contributed by atoms with Crippen molar-refractivity contribution in [2.45, 2.75) is 38.8 Å². The standard InChI is InChI=1S/C22H31N3O7S/c1-14(2)11-24(16-8-9-33(29,30)13-16)19(26)12-25-20(27)22(3,23-21(25)28)15-6-7-17(31-4)18(10-15)32-5/h6-7,10,14,16H,8-9,11-13H2,1-5H3,(H,23,28). The number of nitrogens with zero attached hydrogens (tertiary/aromatic N) is 2. The predicted molar refractivity (Wildman–Crippen MR) is 121 cm³/mol. The monoisotopic (exact) mass is 481 g/mol. The van der Waals surface area contributed by atoms with Crippen LogP contribution < -0.4 is 14.8 Å². The smallest absolute Gasteiger partial charge is 0.325 e. The van der Waals surface area contributed by atoms with Gasteiger partial charge in [0.1, 0.15) is 12.1 Å². The number of carbonyl (C=O) groups excluding carboxylic acids is 3. The van der Waals surface area contributed by atoms with E-state index in [1.54, 1.807) is 25.1 Å². The Morgan fingerprint density at radius 1 is 1.24 bits per heavy atom. The molecule has 2 atom stereocenters. The van der Waals surface area contributed by atoms with E-state index in [0.717, 1.165) is 4.90 Å². The van der Waals surface area contributed by atoms with Crippen molar-refractivity contribution >= 4 is 27.7 Å². The minimum atomic E-state index is -3.20. The van der Waals surface area contributed by atoms with Crippen molar-refractivity contribution in [2.75, 3.05) is 38.8 Å². The van der Waals surface area contributed by atoms with Gasteiger partial charge >= 0.3 is 6.03 Å². The maximum Gasteiger partial charge on any atom is 0.325 e. The van der Waals surface area contributed by atoms with Gasteiger partial charge in [0.15, 0.2) is 21.3 Å². The molecule has 0 bridgehead atoms. The molecule has 10 nitrogen and oxygen atoms in total. The quantitative estimate of drug-likeness (QED) is 0.553. The molecule has 2 fully saturated rings. The summed E-state index contributed by atoms with van der Waals surface area (Å²) >= 11 is 0. The van der Waals surface area contributed by atoms with Gasteiger partial charge in [-0.2, -0.15) is 0 Å². The molecule has 2 heterocycles. The molecule has 2 aliphatic heterocycles. The van der Waals surface area contributed by atoms with E-state index < -0.39 is 45.8 Å². The van der Waals surface area contributed by atoms with Crippen LogP contribution in [-0.4, -0.2) is 80.9 Å². The minimum absolute atomic E-state index is 0.0278. The van der Waals surface area contributed by atoms with Gasteiger partial charge in [-0.15, -0.1) is 0 Å². The third-order valence-corrected chi connectivity index (χ3v) is 7.81. The molecule has 1 aromatic rings. The number of urea groups is 1. The number of carbonyl (C=O) groups is 3. The molecule has 0 saturated carbocycles. The highest BCUT2D eigenvalue weighted by Crippen LogP contribution is 2.35. The Morgan fingerprint density at radius 3 is 2.45 bits per heavy atom. The zero-order valence-corrected chi connectivity index (χ0v) is 20.4. The molecule has 3 rings (SSSR count). The fourth-order valence-electron chi connectivity index (χ4n) is 4.28. The van der Waals surface area contributed by atoms with Crippen LogP contribution in [0.1, 0.15) is 32.8 Å². The highest BCUT2D eigenvalue weighted by Gasteiger charge is 2.50. The lowest BCUT2D eigenvalue weighted by Gasteiger charge is -2.31. The topological polar surface area (TPSA) is 122 Å². The summed E-state index contributed by atoms with van der Waals surface area (Å²) in [6.07, 6.45) is 0.351. The van der Waals surface area contributed by atoms with E-state index in [1.807, 2.05) is 13.8 Å². The van der Waals surface area contributed by atoms with E-state index in [1.165, 1.54) is 19.1 Å². The van der Waals surface area contributed by atoms with E-state index in [4.69, 9.17) is 9.47 Å². The van der Waals surface area contributed by atoms with E-state index >= 15 is 0 Å². The largest absolute Gasteiger partial charge is 0.493 e.